The van der Waals surface area contributed by atoms with Gasteiger partial charge in [0.1, 0.15) is 6.61 Å². The second-order valence-electron chi connectivity index (χ2n) is 6.00. The van der Waals surface area contributed by atoms with Crippen molar-refractivity contribution in [3.8, 4) is 11.5 Å². The molecule has 0 aliphatic carbocycles. The molecule has 0 saturated heterocycles. The van der Waals surface area contributed by atoms with Gasteiger partial charge < -0.3 is 9.84 Å². The van der Waals surface area contributed by atoms with Crippen molar-refractivity contribution in [3.63, 3.8) is 0 Å². The van der Waals surface area contributed by atoms with E-state index in [1.807, 2.05) is 42.5 Å². The lowest BCUT2D eigenvalue weighted by molar-refractivity contribution is -0.389. The highest BCUT2D eigenvalue weighted by atomic mass is 19.2. The number of nitro groups is 1. The second kappa shape index (κ2) is 8.47. The zero-order valence-corrected chi connectivity index (χ0v) is 14.8. The molecule has 0 aliphatic rings. The summed E-state index contributed by atoms with van der Waals surface area (Å²) < 4.78 is 46.6. The molecule has 0 fully saturated rings. The van der Waals surface area contributed by atoms with Crippen LogP contribution in [0.15, 0.2) is 54.6 Å². The number of aromatic hydroxyl groups is 1. The quantitative estimate of drug-likeness (QED) is 0.257. The first-order chi connectivity index (χ1) is 13.9. The number of ether oxygens (including phenoxy) is 1. The number of hydrogen-bond donors (Lipinski definition) is 1. The Morgan fingerprint density at radius 3 is 2.07 bits per heavy atom. The maximum atomic E-state index is 14.0. The van der Waals surface area contributed by atoms with Gasteiger partial charge in [-0.15, -0.1) is 0 Å². The van der Waals surface area contributed by atoms with Crippen LogP contribution >= 0.6 is 0 Å². The minimum Gasteiger partial charge on any atom is -0.500 e. The minimum absolute atomic E-state index is 0.340. The predicted octanol–water partition coefficient (Wildman–Crippen LogP) is 5.47. The van der Waals surface area contributed by atoms with Gasteiger partial charge in [0, 0.05) is 0 Å². The Balaban J connectivity index is 1.74. The first kappa shape index (κ1) is 19.9. The Bertz CT molecular complexity index is 1040. The summed E-state index contributed by atoms with van der Waals surface area (Å²) in [6.45, 7) is -0.340. The summed E-state index contributed by atoms with van der Waals surface area (Å²) in [5.41, 5.74) is 0.723. The number of nitro benzene ring substituents is 1. The minimum atomic E-state index is -2.00. The highest BCUT2D eigenvalue weighted by Gasteiger charge is 2.33. The molecule has 1 N–H and O–H groups in total. The number of hydrogen-bond acceptors (Lipinski definition) is 4. The molecule has 0 amide bonds. The van der Waals surface area contributed by atoms with Crippen molar-refractivity contribution in [2.45, 2.75) is 6.61 Å². The Hall–Kier alpha value is -3.81. The van der Waals surface area contributed by atoms with Crippen LogP contribution in [0, 0.1) is 27.6 Å². The second-order valence-corrected chi connectivity index (χ2v) is 6.00. The topological polar surface area (TPSA) is 72.6 Å². The fourth-order valence-corrected chi connectivity index (χ4v) is 2.55. The number of benzene rings is 3. The third-order valence-corrected chi connectivity index (χ3v) is 4.04. The van der Waals surface area contributed by atoms with Crippen LogP contribution in [0.1, 0.15) is 16.7 Å². The number of halogens is 3. The van der Waals surface area contributed by atoms with E-state index in [0.717, 1.165) is 11.1 Å². The van der Waals surface area contributed by atoms with Gasteiger partial charge in [0.25, 0.3) is 0 Å². The molecule has 148 valence electrons. The number of phenolic OH excluding ortho intramolecular Hbond substituents is 1. The third-order valence-electron chi connectivity index (χ3n) is 4.04. The van der Waals surface area contributed by atoms with E-state index in [9.17, 15) is 28.4 Å². The van der Waals surface area contributed by atoms with Gasteiger partial charge >= 0.3 is 5.69 Å². The largest absolute Gasteiger partial charge is 0.500 e. The van der Waals surface area contributed by atoms with E-state index in [1.165, 1.54) is 0 Å². The van der Waals surface area contributed by atoms with Gasteiger partial charge in [0.05, 0.1) is 4.92 Å². The van der Waals surface area contributed by atoms with Crippen molar-refractivity contribution < 1.29 is 27.9 Å². The van der Waals surface area contributed by atoms with Crippen molar-refractivity contribution in [1.29, 1.82) is 0 Å². The molecule has 0 atom stereocenters. The summed E-state index contributed by atoms with van der Waals surface area (Å²) in [5, 5.41) is 20.1. The van der Waals surface area contributed by atoms with E-state index in [1.54, 1.807) is 24.3 Å². The Kier molecular flexibility index (Phi) is 5.82. The standard InChI is InChI=1S/C21H14F3NO4/c22-16-17(23)21(18(24)20(26)19(16)25(27)28)29-12-15-10-8-14(9-11-15)7-6-13-4-2-1-3-5-13/h1-11,26H,12H2/b7-6+. The van der Waals surface area contributed by atoms with Crippen molar-refractivity contribution in [2.75, 3.05) is 0 Å². The average molecular weight is 401 g/mol. The summed E-state index contributed by atoms with van der Waals surface area (Å²) in [4.78, 5) is 9.22. The zero-order valence-electron chi connectivity index (χ0n) is 14.8. The average Bonchev–Trinajstić information content (AvgIpc) is 2.72. The van der Waals surface area contributed by atoms with Gasteiger partial charge in [-0.25, -0.2) is 0 Å². The maximum absolute atomic E-state index is 14.0. The summed E-state index contributed by atoms with van der Waals surface area (Å²) >= 11 is 0. The molecule has 0 saturated carbocycles. The van der Waals surface area contributed by atoms with Crippen LogP contribution in [-0.2, 0) is 6.61 Å². The first-order valence-corrected chi connectivity index (χ1v) is 8.37. The Morgan fingerprint density at radius 2 is 1.48 bits per heavy atom. The molecule has 0 radical (unpaired) electrons. The van der Waals surface area contributed by atoms with Crippen molar-refractivity contribution in [1.82, 2.24) is 0 Å². The molecule has 29 heavy (non-hydrogen) atoms. The summed E-state index contributed by atoms with van der Waals surface area (Å²) in [5.74, 6) is -8.46. The van der Waals surface area contributed by atoms with Crippen molar-refractivity contribution >= 4 is 17.8 Å². The highest BCUT2D eigenvalue weighted by Crippen LogP contribution is 2.40. The molecule has 3 aromatic rings. The smallest absolute Gasteiger partial charge is 0.352 e. The van der Waals surface area contributed by atoms with Crippen LogP contribution in [0.4, 0.5) is 18.9 Å². The van der Waals surface area contributed by atoms with E-state index >= 15 is 0 Å². The molecule has 0 bridgehead atoms. The number of phenols is 1. The summed E-state index contributed by atoms with van der Waals surface area (Å²) in [7, 11) is 0. The lowest BCUT2D eigenvalue weighted by atomic mass is 10.1. The van der Waals surface area contributed by atoms with Crippen LogP contribution in [0.25, 0.3) is 12.2 Å². The Morgan fingerprint density at radius 1 is 0.897 bits per heavy atom. The van der Waals surface area contributed by atoms with E-state index in [4.69, 9.17) is 4.74 Å². The van der Waals surface area contributed by atoms with Crippen molar-refractivity contribution in [2.24, 2.45) is 0 Å². The first-order valence-electron chi connectivity index (χ1n) is 8.37. The molecule has 5 nitrogen and oxygen atoms in total. The molecular formula is C21H14F3NO4. The van der Waals surface area contributed by atoms with Crippen molar-refractivity contribution in [3.05, 3.63) is 98.9 Å². The lowest BCUT2D eigenvalue weighted by Crippen LogP contribution is -2.05. The van der Waals surface area contributed by atoms with Crippen LogP contribution in [0.3, 0.4) is 0 Å². The summed E-state index contributed by atoms with van der Waals surface area (Å²) in [6, 6.07) is 16.4. The summed E-state index contributed by atoms with van der Waals surface area (Å²) in [6.07, 6.45) is 3.79. The molecule has 0 spiro atoms. The van der Waals surface area contributed by atoms with Crippen LogP contribution < -0.4 is 4.74 Å². The van der Waals surface area contributed by atoms with Gasteiger partial charge in [-0.05, 0) is 16.7 Å². The molecule has 8 heteroatoms. The number of rotatable bonds is 6. The predicted molar refractivity (Wildman–Crippen MR) is 101 cm³/mol. The zero-order chi connectivity index (χ0) is 21.0. The van der Waals surface area contributed by atoms with Gasteiger partial charge in [0.2, 0.25) is 23.2 Å². The normalized spacial score (nSPS) is 11.0. The van der Waals surface area contributed by atoms with Gasteiger partial charge in [0.15, 0.2) is 5.75 Å². The molecule has 0 aromatic heterocycles. The SMILES string of the molecule is O=[N+]([O-])c1c(O)c(F)c(OCc2ccc(/C=C/c3ccccc3)cc2)c(F)c1F. The fourth-order valence-electron chi connectivity index (χ4n) is 2.55. The molecular weight excluding hydrogens is 387 g/mol. The van der Waals surface area contributed by atoms with E-state index in [2.05, 4.69) is 0 Å². The van der Waals surface area contributed by atoms with Crippen LogP contribution in [-0.4, -0.2) is 10.0 Å². The third kappa shape index (κ3) is 4.37. The van der Waals surface area contributed by atoms with Gasteiger partial charge in [-0.3, -0.25) is 10.1 Å². The van der Waals surface area contributed by atoms with Gasteiger partial charge in [-0.2, -0.15) is 13.2 Å². The molecule has 0 heterocycles. The van der Waals surface area contributed by atoms with E-state index in [-0.39, 0.29) is 6.61 Å². The molecule has 0 unspecified atom stereocenters. The maximum Gasteiger partial charge on any atom is 0.352 e. The lowest BCUT2D eigenvalue weighted by Gasteiger charge is -2.10. The monoisotopic (exact) mass is 401 g/mol. The van der Waals surface area contributed by atoms with E-state index in [0.29, 0.717) is 5.56 Å². The molecule has 0 aliphatic heterocycles. The van der Waals surface area contributed by atoms with Gasteiger partial charge in [-0.1, -0.05) is 66.7 Å². The molecule has 3 aromatic carbocycles. The number of nitrogens with zero attached hydrogens (tertiary/aromatic N) is 1. The van der Waals surface area contributed by atoms with E-state index < -0.39 is 39.6 Å². The molecule has 3 rings (SSSR count). The Labute approximate surface area is 163 Å². The van der Waals surface area contributed by atoms with Crippen LogP contribution in [0.2, 0.25) is 0 Å². The van der Waals surface area contributed by atoms with Crippen LogP contribution in [0.5, 0.6) is 11.5 Å². The highest BCUT2D eigenvalue weighted by molar-refractivity contribution is 5.69. The fraction of sp³-hybridized carbons (Fsp3) is 0.0476.